The summed E-state index contributed by atoms with van der Waals surface area (Å²) in [7, 11) is 0. The third-order valence-electron chi connectivity index (χ3n) is 4.24. The summed E-state index contributed by atoms with van der Waals surface area (Å²) in [5, 5.41) is 12.1. The number of nitrogens with one attached hydrogen (secondary N) is 1. The van der Waals surface area contributed by atoms with Gasteiger partial charge in [-0.15, -0.1) is 0 Å². The van der Waals surface area contributed by atoms with Gasteiger partial charge in [0.05, 0.1) is 5.92 Å². The lowest BCUT2D eigenvalue weighted by Crippen LogP contribution is -2.49. The van der Waals surface area contributed by atoms with Crippen LogP contribution >= 0.6 is 0 Å². The standard InChI is InChI=1S/C14H24N2O3/c17-13(18)11-6-5-9-16(10-11)14(19)15-12-7-3-1-2-4-8-12/h11-12H,1-10H2,(H,15,19)(H,17,18)/t11-/m0/s1. The van der Waals surface area contributed by atoms with Crippen molar-refractivity contribution in [2.75, 3.05) is 13.1 Å². The SMILES string of the molecule is O=C(O)[C@H]1CCCN(C(=O)NC2CCCCCC2)C1. The van der Waals surface area contributed by atoms with Gasteiger partial charge >= 0.3 is 12.0 Å². The Morgan fingerprint density at radius 2 is 1.68 bits per heavy atom. The molecule has 0 spiro atoms. The molecule has 1 heterocycles. The lowest BCUT2D eigenvalue weighted by molar-refractivity contribution is -0.143. The molecule has 0 unspecified atom stereocenters. The number of urea groups is 1. The van der Waals surface area contributed by atoms with E-state index in [1.807, 2.05) is 0 Å². The summed E-state index contributed by atoms with van der Waals surface area (Å²) in [6.07, 6.45) is 8.47. The molecular formula is C14H24N2O3. The number of rotatable bonds is 2. The van der Waals surface area contributed by atoms with Crippen molar-refractivity contribution in [3.8, 4) is 0 Å². The van der Waals surface area contributed by atoms with Crippen LogP contribution in [-0.2, 0) is 4.79 Å². The molecule has 2 rings (SSSR count). The summed E-state index contributed by atoms with van der Waals surface area (Å²) >= 11 is 0. The fraction of sp³-hybridized carbons (Fsp3) is 0.857. The van der Waals surface area contributed by atoms with E-state index < -0.39 is 11.9 Å². The van der Waals surface area contributed by atoms with E-state index in [2.05, 4.69) is 5.32 Å². The Balaban J connectivity index is 1.83. The van der Waals surface area contributed by atoms with Gasteiger partial charge in [-0.1, -0.05) is 25.7 Å². The highest BCUT2D eigenvalue weighted by atomic mass is 16.4. The fourth-order valence-corrected chi connectivity index (χ4v) is 3.05. The largest absolute Gasteiger partial charge is 0.481 e. The van der Waals surface area contributed by atoms with Gasteiger partial charge in [0.2, 0.25) is 0 Å². The second-order valence-corrected chi connectivity index (χ2v) is 5.76. The Morgan fingerprint density at radius 3 is 2.32 bits per heavy atom. The number of likely N-dealkylation sites (tertiary alicyclic amines) is 1. The molecule has 19 heavy (non-hydrogen) atoms. The fourth-order valence-electron chi connectivity index (χ4n) is 3.05. The maximum absolute atomic E-state index is 12.2. The van der Waals surface area contributed by atoms with Crippen LogP contribution in [0, 0.1) is 5.92 Å². The second kappa shape index (κ2) is 6.78. The van der Waals surface area contributed by atoms with E-state index >= 15 is 0 Å². The number of carboxylic acids is 1. The predicted octanol–water partition coefficient (Wildman–Crippen LogP) is 2.22. The molecule has 5 heteroatoms. The maximum atomic E-state index is 12.2. The van der Waals surface area contributed by atoms with Gasteiger partial charge in [0, 0.05) is 19.1 Å². The van der Waals surface area contributed by atoms with Gasteiger partial charge < -0.3 is 15.3 Å². The highest BCUT2D eigenvalue weighted by Gasteiger charge is 2.29. The maximum Gasteiger partial charge on any atom is 0.317 e. The molecule has 2 fully saturated rings. The number of aliphatic carboxylic acids is 1. The van der Waals surface area contributed by atoms with Crippen LogP contribution in [0.25, 0.3) is 0 Å². The molecule has 1 atom stereocenters. The van der Waals surface area contributed by atoms with Crippen molar-refractivity contribution < 1.29 is 14.7 Å². The van der Waals surface area contributed by atoms with Crippen LogP contribution in [0.4, 0.5) is 4.79 Å². The first-order valence-electron chi connectivity index (χ1n) is 7.45. The number of amides is 2. The molecule has 0 radical (unpaired) electrons. The Hall–Kier alpha value is -1.26. The number of hydrogen-bond donors (Lipinski definition) is 2. The lowest BCUT2D eigenvalue weighted by Gasteiger charge is -2.32. The molecule has 0 aromatic carbocycles. The summed E-state index contributed by atoms with van der Waals surface area (Å²) in [6, 6.07) is 0.207. The quantitative estimate of drug-likeness (QED) is 0.754. The summed E-state index contributed by atoms with van der Waals surface area (Å²) in [5.41, 5.74) is 0. The minimum atomic E-state index is -0.785. The summed E-state index contributed by atoms with van der Waals surface area (Å²) in [4.78, 5) is 24.8. The topological polar surface area (TPSA) is 69.6 Å². The van der Waals surface area contributed by atoms with Crippen molar-refractivity contribution in [3.05, 3.63) is 0 Å². The molecule has 2 aliphatic rings. The third-order valence-corrected chi connectivity index (χ3v) is 4.24. The number of nitrogens with zero attached hydrogens (tertiary/aromatic N) is 1. The lowest BCUT2D eigenvalue weighted by atomic mass is 9.98. The van der Waals surface area contributed by atoms with E-state index in [0.29, 0.717) is 19.5 Å². The summed E-state index contributed by atoms with van der Waals surface area (Å²) in [6.45, 7) is 1.04. The highest BCUT2D eigenvalue weighted by molar-refractivity contribution is 5.76. The normalized spacial score (nSPS) is 25.7. The first kappa shape index (κ1) is 14.2. The van der Waals surface area contributed by atoms with Crippen LogP contribution in [-0.4, -0.2) is 41.1 Å². The van der Waals surface area contributed by atoms with E-state index in [4.69, 9.17) is 5.11 Å². The first-order valence-corrected chi connectivity index (χ1v) is 7.45. The Bertz CT molecular complexity index is 325. The average Bonchev–Trinajstić information content (AvgIpc) is 2.67. The zero-order valence-corrected chi connectivity index (χ0v) is 11.4. The van der Waals surface area contributed by atoms with E-state index in [-0.39, 0.29) is 12.1 Å². The van der Waals surface area contributed by atoms with E-state index in [1.54, 1.807) is 4.90 Å². The monoisotopic (exact) mass is 268 g/mol. The summed E-state index contributed by atoms with van der Waals surface area (Å²) < 4.78 is 0. The number of carbonyl (C=O) groups excluding carboxylic acids is 1. The van der Waals surface area contributed by atoms with E-state index in [1.165, 1.54) is 25.7 Å². The molecule has 108 valence electrons. The molecule has 1 saturated carbocycles. The van der Waals surface area contributed by atoms with Gasteiger partial charge in [0.25, 0.3) is 0 Å². The van der Waals surface area contributed by atoms with Crippen molar-refractivity contribution in [1.29, 1.82) is 0 Å². The number of hydrogen-bond acceptors (Lipinski definition) is 2. The minimum Gasteiger partial charge on any atom is -0.481 e. The average molecular weight is 268 g/mol. The second-order valence-electron chi connectivity index (χ2n) is 5.76. The van der Waals surface area contributed by atoms with Crippen molar-refractivity contribution in [1.82, 2.24) is 10.2 Å². The van der Waals surface area contributed by atoms with E-state index in [0.717, 1.165) is 19.3 Å². The van der Waals surface area contributed by atoms with Crippen LogP contribution in [0.1, 0.15) is 51.4 Å². The molecule has 5 nitrogen and oxygen atoms in total. The molecule has 1 saturated heterocycles. The van der Waals surface area contributed by atoms with Crippen molar-refractivity contribution in [2.24, 2.45) is 5.92 Å². The van der Waals surface area contributed by atoms with Crippen LogP contribution in [0.5, 0.6) is 0 Å². The molecule has 0 aromatic heterocycles. The van der Waals surface area contributed by atoms with Gasteiger partial charge in [-0.3, -0.25) is 4.79 Å². The number of carboxylic acid groups (broad SMARTS) is 1. The van der Waals surface area contributed by atoms with Crippen molar-refractivity contribution >= 4 is 12.0 Å². The smallest absolute Gasteiger partial charge is 0.317 e. The van der Waals surface area contributed by atoms with Crippen LogP contribution in [0.2, 0.25) is 0 Å². The molecule has 2 amide bonds. The molecule has 1 aliphatic carbocycles. The summed E-state index contributed by atoms with van der Waals surface area (Å²) in [5.74, 6) is -1.18. The Kier molecular flexibility index (Phi) is 5.05. The molecular weight excluding hydrogens is 244 g/mol. The minimum absolute atomic E-state index is 0.0714. The van der Waals surface area contributed by atoms with Crippen LogP contribution in [0.15, 0.2) is 0 Å². The molecule has 0 bridgehead atoms. The van der Waals surface area contributed by atoms with Gasteiger partial charge in [0.1, 0.15) is 0 Å². The van der Waals surface area contributed by atoms with Gasteiger partial charge in [-0.05, 0) is 25.7 Å². The number of carbonyl (C=O) groups is 2. The highest BCUT2D eigenvalue weighted by Crippen LogP contribution is 2.19. The van der Waals surface area contributed by atoms with Crippen molar-refractivity contribution in [3.63, 3.8) is 0 Å². The zero-order chi connectivity index (χ0) is 13.7. The van der Waals surface area contributed by atoms with Crippen LogP contribution in [0.3, 0.4) is 0 Å². The molecule has 0 aromatic rings. The first-order chi connectivity index (χ1) is 9.16. The molecule has 1 aliphatic heterocycles. The van der Waals surface area contributed by atoms with E-state index in [9.17, 15) is 9.59 Å². The zero-order valence-electron chi connectivity index (χ0n) is 11.4. The van der Waals surface area contributed by atoms with Crippen molar-refractivity contribution in [2.45, 2.75) is 57.4 Å². The van der Waals surface area contributed by atoms with Gasteiger partial charge in [-0.25, -0.2) is 4.79 Å². The predicted molar refractivity (Wildman–Crippen MR) is 72.0 cm³/mol. The van der Waals surface area contributed by atoms with Crippen LogP contribution < -0.4 is 5.32 Å². The molecule has 2 N–H and O–H groups in total. The number of piperidine rings is 1. The third kappa shape index (κ3) is 4.11. The Labute approximate surface area is 114 Å². The Morgan fingerprint density at radius 1 is 1.00 bits per heavy atom. The van der Waals surface area contributed by atoms with Gasteiger partial charge in [0.15, 0.2) is 0 Å². The van der Waals surface area contributed by atoms with Gasteiger partial charge in [-0.2, -0.15) is 0 Å².